The zero-order valence-corrected chi connectivity index (χ0v) is 16.6. The van der Waals surface area contributed by atoms with Crippen LogP contribution in [0.4, 0.5) is 5.69 Å². The van der Waals surface area contributed by atoms with Crippen LogP contribution in [-0.2, 0) is 21.2 Å². The number of amides is 1. The van der Waals surface area contributed by atoms with Gasteiger partial charge in [0.25, 0.3) is 0 Å². The molecule has 27 heavy (non-hydrogen) atoms. The van der Waals surface area contributed by atoms with Gasteiger partial charge in [0, 0.05) is 24.5 Å². The third-order valence-corrected chi connectivity index (χ3v) is 6.86. The van der Waals surface area contributed by atoms with Crippen molar-refractivity contribution in [2.24, 2.45) is 0 Å². The number of rotatable bonds is 6. The topological polar surface area (TPSA) is 66.5 Å². The van der Waals surface area contributed by atoms with E-state index in [1.807, 2.05) is 12.1 Å². The Balaban J connectivity index is 1.70. The lowest BCUT2D eigenvalue weighted by atomic mass is 10.1. The van der Waals surface area contributed by atoms with E-state index in [4.69, 9.17) is 11.6 Å². The summed E-state index contributed by atoms with van der Waals surface area (Å²) in [6, 6.07) is 13.9. The largest absolute Gasteiger partial charge is 0.325 e. The Labute approximate surface area is 165 Å². The van der Waals surface area contributed by atoms with Gasteiger partial charge in [-0.3, -0.25) is 4.79 Å². The summed E-state index contributed by atoms with van der Waals surface area (Å²) in [4.78, 5) is 12.5. The van der Waals surface area contributed by atoms with E-state index in [2.05, 4.69) is 5.32 Å². The number of nitrogens with one attached hydrogen (secondary N) is 1. The van der Waals surface area contributed by atoms with Gasteiger partial charge in [-0.05, 0) is 49.1 Å². The van der Waals surface area contributed by atoms with Gasteiger partial charge in [0.2, 0.25) is 15.9 Å². The van der Waals surface area contributed by atoms with Gasteiger partial charge in [-0.2, -0.15) is 4.31 Å². The van der Waals surface area contributed by atoms with Crippen LogP contribution in [0.15, 0.2) is 53.4 Å². The summed E-state index contributed by atoms with van der Waals surface area (Å²) in [5.41, 5.74) is 1.34. The highest BCUT2D eigenvalue weighted by atomic mass is 35.5. The maximum absolute atomic E-state index is 13.0. The van der Waals surface area contributed by atoms with Crippen molar-refractivity contribution >= 4 is 33.2 Å². The molecule has 0 saturated carbocycles. The predicted octanol–water partition coefficient (Wildman–Crippen LogP) is 4.09. The van der Waals surface area contributed by atoms with Crippen LogP contribution in [0.25, 0.3) is 0 Å². The number of carbonyl (C=O) groups is 1. The summed E-state index contributed by atoms with van der Waals surface area (Å²) in [7, 11) is -3.61. The van der Waals surface area contributed by atoms with Crippen molar-refractivity contribution in [2.75, 3.05) is 18.4 Å². The second kappa shape index (κ2) is 8.87. The zero-order chi connectivity index (χ0) is 19.3. The quantitative estimate of drug-likeness (QED) is 0.785. The maximum Gasteiger partial charge on any atom is 0.245 e. The van der Waals surface area contributed by atoms with Gasteiger partial charge in [0.1, 0.15) is 4.90 Å². The van der Waals surface area contributed by atoms with Crippen molar-refractivity contribution < 1.29 is 13.2 Å². The van der Waals surface area contributed by atoms with E-state index in [9.17, 15) is 13.2 Å². The highest BCUT2D eigenvalue weighted by Crippen LogP contribution is 2.27. The number of aryl methyl sites for hydroxylation is 1. The Bertz CT molecular complexity index is 892. The SMILES string of the molecule is O=C(CCc1ccc(Cl)cc1)Nc1ccccc1S(=O)(=O)N1CCCCC1. The first kappa shape index (κ1) is 19.9. The molecule has 0 radical (unpaired) electrons. The first-order chi connectivity index (χ1) is 13.0. The standard InChI is InChI=1S/C20H23ClN2O3S/c21-17-11-8-16(9-12-17)10-13-20(24)22-18-6-2-3-7-19(18)27(25,26)23-14-4-1-5-15-23/h2-3,6-9,11-12H,1,4-5,10,13-15H2,(H,22,24). The molecular formula is C20H23ClN2O3S. The average Bonchev–Trinajstić information content (AvgIpc) is 2.68. The van der Waals surface area contributed by atoms with E-state index in [-0.39, 0.29) is 17.2 Å². The summed E-state index contributed by atoms with van der Waals surface area (Å²) >= 11 is 5.87. The molecule has 0 spiro atoms. The molecule has 0 aromatic heterocycles. The Kier molecular flexibility index (Phi) is 6.52. The van der Waals surface area contributed by atoms with Crippen LogP contribution in [0.3, 0.4) is 0 Å². The van der Waals surface area contributed by atoms with Gasteiger partial charge < -0.3 is 5.32 Å². The molecule has 5 nitrogen and oxygen atoms in total. The van der Waals surface area contributed by atoms with Crippen LogP contribution in [0.2, 0.25) is 5.02 Å². The molecule has 1 aliphatic heterocycles. The number of benzene rings is 2. The van der Waals surface area contributed by atoms with Crippen LogP contribution < -0.4 is 5.32 Å². The number of nitrogens with zero attached hydrogens (tertiary/aromatic N) is 1. The molecule has 144 valence electrons. The molecule has 3 rings (SSSR count). The Morgan fingerprint density at radius 3 is 2.37 bits per heavy atom. The van der Waals surface area contributed by atoms with E-state index in [0.717, 1.165) is 24.8 Å². The van der Waals surface area contributed by atoms with E-state index >= 15 is 0 Å². The van der Waals surface area contributed by atoms with Gasteiger partial charge in [-0.25, -0.2) is 8.42 Å². The molecular weight excluding hydrogens is 384 g/mol. The van der Waals surface area contributed by atoms with Gasteiger partial charge >= 0.3 is 0 Å². The van der Waals surface area contributed by atoms with E-state index in [1.165, 1.54) is 4.31 Å². The Morgan fingerprint density at radius 2 is 1.67 bits per heavy atom. The number of halogens is 1. The minimum Gasteiger partial charge on any atom is -0.325 e. The van der Waals surface area contributed by atoms with Crippen molar-refractivity contribution in [3.63, 3.8) is 0 Å². The predicted molar refractivity (Wildman–Crippen MR) is 107 cm³/mol. The highest BCUT2D eigenvalue weighted by molar-refractivity contribution is 7.89. The Morgan fingerprint density at radius 1 is 1.00 bits per heavy atom. The molecule has 0 bridgehead atoms. The number of hydrogen-bond donors (Lipinski definition) is 1. The smallest absolute Gasteiger partial charge is 0.245 e. The molecule has 2 aromatic carbocycles. The highest BCUT2D eigenvalue weighted by Gasteiger charge is 2.28. The van der Waals surface area contributed by atoms with Gasteiger partial charge in [-0.15, -0.1) is 0 Å². The van der Waals surface area contributed by atoms with E-state index < -0.39 is 10.0 Å². The summed E-state index contributed by atoms with van der Waals surface area (Å²) in [5.74, 6) is -0.216. The molecule has 1 saturated heterocycles. The fraction of sp³-hybridized carbons (Fsp3) is 0.350. The minimum atomic E-state index is -3.61. The Hall–Kier alpha value is -1.89. The number of piperidine rings is 1. The van der Waals surface area contributed by atoms with Crippen LogP contribution >= 0.6 is 11.6 Å². The molecule has 1 aliphatic rings. The molecule has 2 aromatic rings. The molecule has 1 fully saturated rings. The third kappa shape index (κ3) is 5.09. The fourth-order valence-corrected chi connectivity index (χ4v) is 4.95. The van der Waals surface area contributed by atoms with Crippen LogP contribution in [0.1, 0.15) is 31.2 Å². The molecule has 1 heterocycles. The number of para-hydroxylation sites is 1. The van der Waals surface area contributed by atoms with Gasteiger partial charge in [0.05, 0.1) is 5.69 Å². The first-order valence-corrected chi connectivity index (χ1v) is 10.9. The lowest BCUT2D eigenvalue weighted by Crippen LogP contribution is -2.36. The van der Waals surface area contributed by atoms with Crippen molar-refractivity contribution in [1.82, 2.24) is 4.31 Å². The summed E-state index contributed by atoms with van der Waals surface area (Å²) in [5, 5.41) is 3.42. The second-order valence-electron chi connectivity index (χ2n) is 6.64. The molecule has 1 N–H and O–H groups in total. The van der Waals surface area contributed by atoms with Crippen molar-refractivity contribution in [1.29, 1.82) is 0 Å². The van der Waals surface area contributed by atoms with Gasteiger partial charge in [0.15, 0.2) is 0 Å². The summed E-state index contributed by atoms with van der Waals surface area (Å²) in [6.07, 6.45) is 3.61. The number of hydrogen-bond acceptors (Lipinski definition) is 3. The monoisotopic (exact) mass is 406 g/mol. The molecule has 0 aliphatic carbocycles. The average molecular weight is 407 g/mol. The molecule has 0 atom stereocenters. The van der Waals surface area contributed by atoms with Crippen molar-refractivity contribution in [3.8, 4) is 0 Å². The van der Waals surface area contributed by atoms with E-state index in [0.29, 0.717) is 30.2 Å². The maximum atomic E-state index is 13.0. The van der Waals surface area contributed by atoms with E-state index in [1.54, 1.807) is 36.4 Å². The van der Waals surface area contributed by atoms with Gasteiger partial charge in [-0.1, -0.05) is 42.3 Å². The first-order valence-electron chi connectivity index (χ1n) is 9.10. The minimum absolute atomic E-state index is 0.159. The van der Waals surface area contributed by atoms with Crippen LogP contribution in [0, 0.1) is 0 Å². The normalized spacial score (nSPS) is 15.4. The lowest BCUT2D eigenvalue weighted by molar-refractivity contribution is -0.116. The van der Waals surface area contributed by atoms with Crippen LogP contribution in [-0.4, -0.2) is 31.7 Å². The zero-order valence-electron chi connectivity index (χ0n) is 15.0. The third-order valence-electron chi connectivity index (χ3n) is 4.65. The summed E-state index contributed by atoms with van der Waals surface area (Å²) in [6.45, 7) is 1.06. The summed E-state index contributed by atoms with van der Waals surface area (Å²) < 4.78 is 27.4. The van der Waals surface area contributed by atoms with Crippen LogP contribution in [0.5, 0.6) is 0 Å². The molecule has 1 amide bonds. The lowest BCUT2D eigenvalue weighted by Gasteiger charge is -2.26. The van der Waals surface area contributed by atoms with Crippen molar-refractivity contribution in [2.45, 2.75) is 37.0 Å². The fourth-order valence-electron chi connectivity index (χ4n) is 3.16. The molecule has 7 heteroatoms. The number of sulfonamides is 1. The number of anilines is 1. The number of carbonyl (C=O) groups excluding carboxylic acids is 1. The second-order valence-corrected chi connectivity index (χ2v) is 8.98. The molecule has 0 unspecified atom stereocenters. The van der Waals surface area contributed by atoms with Crippen molar-refractivity contribution in [3.05, 3.63) is 59.1 Å².